The summed E-state index contributed by atoms with van der Waals surface area (Å²) in [5, 5.41) is 0.412. The van der Waals surface area contributed by atoms with Crippen LogP contribution >= 0.6 is 23.4 Å². The van der Waals surface area contributed by atoms with Crippen molar-refractivity contribution in [2.75, 3.05) is 11.5 Å². The molecule has 0 aliphatic rings. The zero-order valence-electron chi connectivity index (χ0n) is 8.00. The van der Waals surface area contributed by atoms with E-state index >= 15 is 0 Å². The second-order valence-electron chi connectivity index (χ2n) is 3.01. The lowest BCUT2D eigenvalue weighted by Gasteiger charge is -2.08. The van der Waals surface area contributed by atoms with Gasteiger partial charge in [0.25, 0.3) is 0 Å². The minimum absolute atomic E-state index is 0.122. The van der Waals surface area contributed by atoms with E-state index in [1.807, 2.05) is 0 Å². The first-order valence-electron chi connectivity index (χ1n) is 4.29. The average Bonchev–Trinajstić information content (AvgIpc) is 2.74. The van der Waals surface area contributed by atoms with Crippen LogP contribution in [-0.2, 0) is 0 Å². The molecule has 0 atom stereocenters. The van der Waals surface area contributed by atoms with Crippen molar-refractivity contribution in [1.82, 2.24) is 9.97 Å². The monoisotopic (exact) mass is 258 g/mol. The number of imidazole rings is 1. The van der Waals surface area contributed by atoms with Crippen molar-refractivity contribution in [3.63, 3.8) is 0 Å². The molecule has 16 heavy (non-hydrogen) atoms. The van der Waals surface area contributed by atoms with Crippen molar-refractivity contribution in [2.45, 2.75) is 10.1 Å². The third-order valence-corrected chi connectivity index (χ3v) is 3.31. The molecule has 0 amide bonds. The minimum atomic E-state index is -0.624. The van der Waals surface area contributed by atoms with Gasteiger partial charge >= 0.3 is 0 Å². The summed E-state index contributed by atoms with van der Waals surface area (Å²) in [5.41, 5.74) is 11.5. The van der Waals surface area contributed by atoms with Gasteiger partial charge in [0.05, 0.1) is 16.3 Å². The number of anilines is 2. The standard InChI is InChI=1S/C9H8ClFN4S/c10-6-4(12)3-5(13)8(7(6)11)16-9-14-1-2-15-9/h1-3H,12-13H2,(H,14,15). The Morgan fingerprint density at radius 3 is 2.75 bits per heavy atom. The molecule has 2 rings (SSSR count). The highest BCUT2D eigenvalue weighted by atomic mass is 35.5. The number of hydrogen-bond donors (Lipinski definition) is 3. The van der Waals surface area contributed by atoms with Crippen LogP contribution in [-0.4, -0.2) is 9.97 Å². The number of nitrogens with one attached hydrogen (secondary N) is 1. The third kappa shape index (κ3) is 1.94. The van der Waals surface area contributed by atoms with Gasteiger partial charge in [-0.2, -0.15) is 0 Å². The molecule has 7 heteroatoms. The smallest absolute Gasteiger partial charge is 0.170 e. The van der Waals surface area contributed by atoms with Gasteiger partial charge in [-0.1, -0.05) is 11.6 Å². The maximum absolute atomic E-state index is 13.8. The molecule has 1 aromatic carbocycles. The first kappa shape index (κ1) is 11.1. The summed E-state index contributed by atoms with van der Waals surface area (Å²) in [4.78, 5) is 7.00. The number of rotatable bonds is 2. The molecule has 0 aliphatic heterocycles. The van der Waals surface area contributed by atoms with Gasteiger partial charge in [0, 0.05) is 12.4 Å². The summed E-state index contributed by atoms with van der Waals surface area (Å²) in [5.74, 6) is -0.624. The van der Waals surface area contributed by atoms with Crippen molar-refractivity contribution in [1.29, 1.82) is 0 Å². The summed E-state index contributed by atoms with van der Waals surface area (Å²) in [6.45, 7) is 0. The summed E-state index contributed by atoms with van der Waals surface area (Å²) >= 11 is 6.76. The van der Waals surface area contributed by atoms with E-state index in [1.54, 1.807) is 12.4 Å². The quantitative estimate of drug-likeness (QED) is 0.723. The van der Waals surface area contributed by atoms with Crippen LogP contribution < -0.4 is 11.5 Å². The van der Waals surface area contributed by atoms with Crippen LogP contribution in [0.2, 0.25) is 5.02 Å². The van der Waals surface area contributed by atoms with Gasteiger partial charge < -0.3 is 16.5 Å². The first-order valence-corrected chi connectivity index (χ1v) is 5.49. The maximum atomic E-state index is 13.8. The molecule has 1 aromatic heterocycles. The lowest BCUT2D eigenvalue weighted by Crippen LogP contribution is -1.98. The number of benzene rings is 1. The number of halogens is 2. The minimum Gasteiger partial charge on any atom is -0.398 e. The predicted molar refractivity (Wildman–Crippen MR) is 62.9 cm³/mol. The van der Waals surface area contributed by atoms with Crippen molar-refractivity contribution in [2.24, 2.45) is 0 Å². The van der Waals surface area contributed by atoms with E-state index in [0.29, 0.717) is 5.16 Å². The molecule has 0 saturated heterocycles. The van der Waals surface area contributed by atoms with Gasteiger partial charge in [0.2, 0.25) is 0 Å². The van der Waals surface area contributed by atoms with Gasteiger partial charge in [-0.05, 0) is 17.8 Å². The molecule has 2 aromatic rings. The van der Waals surface area contributed by atoms with Crippen LogP contribution in [0.1, 0.15) is 0 Å². The van der Waals surface area contributed by atoms with E-state index in [1.165, 1.54) is 6.07 Å². The largest absolute Gasteiger partial charge is 0.398 e. The highest BCUT2D eigenvalue weighted by molar-refractivity contribution is 7.99. The molecule has 5 N–H and O–H groups in total. The summed E-state index contributed by atoms with van der Waals surface area (Å²) in [6.07, 6.45) is 3.20. The van der Waals surface area contributed by atoms with Crippen LogP contribution in [0.15, 0.2) is 28.5 Å². The predicted octanol–water partition coefficient (Wildman–Crippen LogP) is 2.52. The fourth-order valence-corrected chi connectivity index (χ4v) is 2.16. The Morgan fingerprint density at radius 1 is 1.38 bits per heavy atom. The van der Waals surface area contributed by atoms with E-state index in [2.05, 4.69) is 9.97 Å². The molecule has 84 valence electrons. The number of nitrogens with zero attached hydrogens (tertiary/aromatic N) is 1. The van der Waals surface area contributed by atoms with Crippen LogP contribution in [0.5, 0.6) is 0 Å². The molecule has 0 saturated carbocycles. The van der Waals surface area contributed by atoms with Crippen LogP contribution in [0, 0.1) is 5.82 Å². The Balaban J connectivity index is 2.45. The van der Waals surface area contributed by atoms with Crippen LogP contribution in [0.25, 0.3) is 0 Å². The number of hydrogen-bond acceptors (Lipinski definition) is 4. The summed E-state index contributed by atoms with van der Waals surface area (Å²) in [7, 11) is 0. The Morgan fingerprint density at radius 2 is 2.12 bits per heavy atom. The van der Waals surface area contributed by atoms with Crippen molar-refractivity contribution in [3.05, 3.63) is 29.3 Å². The Labute approximate surface area is 100 Å². The number of nitrogen functional groups attached to an aromatic ring is 2. The number of aromatic nitrogens is 2. The van der Waals surface area contributed by atoms with Crippen molar-refractivity contribution in [3.8, 4) is 0 Å². The van der Waals surface area contributed by atoms with Gasteiger partial charge in [-0.15, -0.1) is 0 Å². The van der Waals surface area contributed by atoms with Gasteiger partial charge in [0.15, 0.2) is 11.0 Å². The van der Waals surface area contributed by atoms with Crippen LogP contribution in [0.3, 0.4) is 0 Å². The van der Waals surface area contributed by atoms with E-state index in [9.17, 15) is 4.39 Å². The maximum Gasteiger partial charge on any atom is 0.170 e. The third-order valence-electron chi connectivity index (χ3n) is 1.89. The molecule has 0 unspecified atom stereocenters. The molecule has 1 heterocycles. The molecular weight excluding hydrogens is 251 g/mol. The lowest BCUT2D eigenvalue weighted by atomic mass is 10.3. The van der Waals surface area contributed by atoms with E-state index < -0.39 is 5.82 Å². The number of nitrogens with two attached hydrogens (primary N) is 2. The molecular formula is C9H8ClFN4S. The van der Waals surface area contributed by atoms with Gasteiger partial charge in [-0.25, -0.2) is 9.37 Å². The fraction of sp³-hybridized carbons (Fsp3) is 0. The van der Waals surface area contributed by atoms with Gasteiger partial charge in [0.1, 0.15) is 5.02 Å². The molecule has 0 bridgehead atoms. The van der Waals surface area contributed by atoms with Crippen molar-refractivity contribution < 1.29 is 4.39 Å². The van der Waals surface area contributed by atoms with E-state index in [0.717, 1.165) is 11.8 Å². The van der Waals surface area contributed by atoms with E-state index in [-0.39, 0.29) is 21.3 Å². The number of aromatic amines is 1. The second-order valence-corrected chi connectivity index (χ2v) is 4.39. The Bertz CT molecular complexity index is 515. The topological polar surface area (TPSA) is 80.7 Å². The highest BCUT2D eigenvalue weighted by Crippen LogP contribution is 2.38. The Kier molecular flexibility index (Phi) is 2.93. The first-order chi connectivity index (χ1) is 7.59. The number of H-pyrrole nitrogens is 1. The second kappa shape index (κ2) is 4.23. The average molecular weight is 259 g/mol. The zero-order valence-corrected chi connectivity index (χ0v) is 9.57. The fourth-order valence-electron chi connectivity index (χ4n) is 1.16. The SMILES string of the molecule is Nc1cc(N)c(Sc2ncc[nH]2)c(F)c1Cl. The normalized spacial score (nSPS) is 10.6. The molecule has 0 aliphatic carbocycles. The molecule has 0 fully saturated rings. The zero-order chi connectivity index (χ0) is 11.7. The van der Waals surface area contributed by atoms with Crippen molar-refractivity contribution >= 4 is 34.7 Å². The summed E-state index contributed by atoms with van der Waals surface area (Å²) in [6, 6.07) is 1.43. The molecule has 4 nitrogen and oxygen atoms in total. The molecule has 0 radical (unpaired) electrons. The Hall–Kier alpha value is -1.40. The highest BCUT2D eigenvalue weighted by Gasteiger charge is 2.16. The van der Waals surface area contributed by atoms with Gasteiger partial charge in [-0.3, -0.25) is 0 Å². The lowest BCUT2D eigenvalue weighted by molar-refractivity contribution is 0.604. The van der Waals surface area contributed by atoms with Crippen LogP contribution in [0.4, 0.5) is 15.8 Å². The van der Waals surface area contributed by atoms with E-state index in [4.69, 9.17) is 23.1 Å². The molecule has 0 spiro atoms. The summed E-state index contributed by atoms with van der Waals surface area (Å²) < 4.78 is 13.8.